The summed E-state index contributed by atoms with van der Waals surface area (Å²) in [4.78, 5) is 0. The SMILES string of the molecule is CC.CC.CCCCCNC.CCc1cccc(C(C)CC)c1O.Cc1ccccc1-c1ccccc1C. The number of hydrogen-bond donors (Lipinski definition) is 2. The molecule has 0 aliphatic carbocycles. The molecule has 0 saturated heterocycles. The van der Waals surface area contributed by atoms with Crippen LogP contribution >= 0.6 is 0 Å². The zero-order valence-electron chi connectivity index (χ0n) is 26.6. The highest BCUT2D eigenvalue weighted by atomic mass is 16.3. The molecule has 2 nitrogen and oxygen atoms in total. The van der Waals surface area contributed by atoms with Crippen molar-refractivity contribution in [3.63, 3.8) is 0 Å². The molecule has 1 atom stereocenters. The van der Waals surface area contributed by atoms with Gasteiger partial charge in [-0.25, -0.2) is 0 Å². The van der Waals surface area contributed by atoms with Gasteiger partial charge in [-0.2, -0.15) is 0 Å². The van der Waals surface area contributed by atoms with Crippen LogP contribution in [-0.2, 0) is 6.42 Å². The molecule has 3 aromatic carbocycles. The van der Waals surface area contributed by atoms with E-state index < -0.39 is 0 Å². The quantitative estimate of drug-likeness (QED) is 0.289. The minimum absolute atomic E-state index is 0.450. The molecule has 0 saturated carbocycles. The predicted molar refractivity (Wildman–Crippen MR) is 174 cm³/mol. The molecule has 0 aliphatic rings. The molecule has 38 heavy (non-hydrogen) atoms. The fraction of sp³-hybridized carbons (Fsp3) is 0.500. The van der Waals surface area contributed by atoms with Crippen LogP contribution in [0.4, 0.5) is 0 Å². The Morgan fingerprint density at radius 1 is 0.711 bits per heavy atom. The zero-order valence-corrected chi connectivity index (χ0v) is 26.6. The fourth-order valence-corrected chi connectivity index (χ4v) is 3.82. The number of phenols is 1. The lowest BCUT2D eigenvalue weighted by Gasteiger charge is -2.13. The molecule has 1 unspecified atom stereocenters. The van der Waals surface area contributed by atoms with Crippen molar-refractivity contribution in [1.82, 2.24) is 5.32 Å². The number of para-hydroxylation sites is 1. The van der Waals surface area contributed by atoms with Gasteiger partial charge in [0.15, 0.2) is 0 Å². The number of rotatable bonds is 8. The molecule has 3 rings (SSSR count). The first-order valence-electron chi connectivity index (χ1n) is 15.0. The van der Waals surface area contributed by atoms with Crippen LogP contribution in [0.15, 0.2) is 66.7 Å². The van der Waals surface area contributed by atoms with Crippen molar-refractivity contribution >= 4 is 0 Å². The molecule has 0 bridgehead atoms. The molecule has 2 N–H and O–H groups in total. The minimum Gasteiger partial charge on any atom is -0.507 e. The lowest BCUT2D eigenvalue weighted by Crippen LogP contribution is -2.06. The Bertz CT molecular complexity index is 900. The summed E-state index contributed by atoms with van der Waals surface area (Å²) >= 11 is 0. The van der Waals surface area contributed by atoms with E-state index in [2.05, 4.69) is 95.4 Å². The van der Waals surface area contributed by atoms with Gasteiger partial charge in [0.1, 0.15) is 5.75 Å². The van der Waals surface area contributed by atoms with Crippen LogP contribution in [0.5, 0.6) is 5.75 Å². The smallest absolute Gasteiger partial charge is 0.122 e. The summed E-state index contributed by atoms with van der Waals surface area (Å²) in [5.74, 6) is 0.950. The van der Waals surface area contributed by atoms with E-state index in [1.807, 2.05) is 52.9 Å². The van der Waals surface area contributed by atoms with Crippen LogP contribution < -0.4 is 5.32 Å². The third kappa shape index (κ3) is 14.4. The van der Waals surface area contributed by atoms with Crippen molar-refractivity contribution in [2.24, 2.45) is 0 Å². The number of benzene rings is 3. The summed E-state index contributed by atoms with van der Waals surface area (Å²) in [6.45, 7) is 22.1. The van der Waals surface area contributed by atoms with Crippen molar-refractivity contribution in [2.45, 2.75) is 107 Å². The van der Waals surface area contributed by atoms with Gasteiger partial charge >= 0.3 is 0 Å². The molecule has 0 spiro atoms. The molecule has 3 aromatic rings. The Kier molecular flexibility index (Phi) is 24.5. The highest BCUT2D eigenvalue weighted by Gasteiger charge is 2.10. The monoisotopic (exact) mass is 521 g/mol. The molecule has 0 aromatic heterocycles. The maximum absolute atomic E-state index is 9.89. The maximum atomic E-state index is 9.89. The summed E-state index contributed by atoms with van der Waals surface area (Å²) in [7, 11) is 2.00. The fourth-order valence-electron chi connectivity index (χ4n) is 3.82. The Morgan fingerprint density at radius 3 is 1.61 bits per heavy atom. The first-order chi connectivity index (χ1) is 18.4. The lowest BCUT2D eigenvalue weighted by atomic mass is 9.95. The Hall–Kier alpha value is -2.58. The summed E-state index contributed by atoms with van der Waals surface area (Å²) in [5.41, 5.74) is 7.49. The van der Waals surface area contributed by atoms with Crippen LogP contribution in [-0.4, -0.2) is 18.7 Å². The topological polar surface area (TPSA) is 32.3 Å². The molecule has 214 valence electrons. The largest absolute Gasteiger partial charge is 0.507 e. The molecule has 2 heteroatoms. The van der Waals surface area contributed by atoms with Crippen molar-refractivity contribution < 1.29 is 5.11 Å². The van der Waals surface area contributed by atoms with Gasteiger partial charge in [-0.05, 0) is 86.0 Å². The summed E-state index contributed by atoms with van der Waals surface area (Å²) in [6.07, 6.45) is 5.98. The van der Waals surface area contributed by atoms with Crippen LogP contribution in [0, 0.1) is 13.8 Å². The van der Waals surface area contributed by atoms with E-state index in [0.717, 1.165) is 24.0 Å². The Morgan fingerprint density at radius 2 is 1.21 bits per heavy atom. The molecule has 0 heterocycles. The van der Waals surface area contributed by atoms with Gasteiger partial charge in [0.05, 0.1) is 0 Å². The van der Waals surface area contributed by atoms with E-state index in [4.69, 9.17) is 0 Å². The molecule has 0 radical (unpaired) electrons. The van der Waals surface area contributed by atoms with Gasteiger partial charge in [0.2, 0.25) is 0 Å². The first-order valence-corrected chi connectivity index (χ1v) is 15.0. The van der Waals surface area contributed by atoms with E-state index in [1.165, 1.54) is 48.1 Å². The molecule has 0 fully saturated rings. The second-order valence-corrected chi connectivity index (χ2v) is 8.96. The summed E-state index contributed by atoms with van der Waals surface area (Å²) < 4.78 is 0. The standard InChI is InChI=1S/C14H14.C12H18O.C6H15N.2C2H6/c1-11-7-3-5-9-13(11)14-10-6-4-8-12(14)2;1-4-9(3)11-8-6-7-10(5-2)12(11)13;1-3-4-5-6-7-2;2*1-2/h3-10H,1-2H3;6-9,13H,4-5H2,1-3H3;7H,3-6H2,1-2H3;2*1-2H3. The number of aromatic hydroxyl groups is 1. The number of nitrogens with one attached hydrogen (secondary N) is 1. The van der Waals surface area contributed by atoms with E-state index in [-0.39, 0.29) is 0 Å². The van der Waals surface area contributed by atoms with Crippen LogP contribution in [0.1, 0.15) is 109 Å². The van der Waals surface area contributed by atoms with Crippen LogP contribution in [0.2, 0.25) is 0 Å². The Balaban J connectivity index is 0. The normalized spacial score (nSPS) is 10.2. The molecular weight excluding hydrogens is 462 g/mol. The number of phenolic OH excluding ortho intramolecular Hbond substituents is 1. The third-order valence-corrected chi connectivity index (χ3v) is 6.29. The average molecular weight is 522 g/mol. The predicted octanol–water partition coefficient (Wildman–Crippen LogP) is 10.9. The second-order valence-electron chi connectivity index (χ2n) is 8.96. The molecular formula is C36H59NO. The number of aryl methyl sites for hydroxylation is 3. The second kappa shape index (κ2) is 24.7. The van der Waals surface area contributed by atoms with Crippen molar-refractivity contribution in [3.8, 4) is 16.9 Å². The van der Waals surface area contributed by atoms with Gasteiger partial charge in [0.25, 0.3) is 0 Å². The zero-order chi connectivity index (χ0) is 29.3. The summed E-state index contributed by atoms with van der Waals surface area (Å²) in [6, 6.07) is 23.0. The summed E-state index contributed by atoms with van der Waals surface area (Å²) in [5, 5.41) is 13.0. The van der Waals surface area contributed by atoms with Crippen molar-refractivity contribution in [1.29, 1.82) is 0 Å². The van der Waals surface area contributed by atoms with Gasteiger partial charge in [-0.1, -0.05) is 135 Å². The van der Waals surface area contributed by atoms with Crippen molar-refractivity contribution in [2.75, 3.05) is 13.6 Å². The van der Waals surface area contributed by atoms with Gasteiger partial charge < -0.3 is 10.4 Å². The van der Waals surface area contributed by atoms with Crippen LogP contribution in [0.3, 0.4) is 0 Å². The van der Waals surface area contributed by atoms with Crippen molar-refractivity contribution in [3.05, 3.63) is 89.0 Å². The van der Waals surface area contributed by atoms with Crippen LogP contribution in [0.25, 0.3) is 11.1 Å². The van der Waals surface area contributed by atoms with E-state index in [1.54, 1.807) is 0 Å². The Labute approximate surface area is 236 Å². The molecule has 0 aliphatic heterocycles. The van der Waals surface area contributed by atoms with E-state index in [0.29, 0.717) is 11.7 Å². The highest BCUT2D eigenvalue weighted by molar-refractivity contribution is 5.70. The highest BCUT2D eigenvalue weighted by Crippen LogP contribution is 2.30. The van der Waals surface area contributed by atoms with Gasteiger partial charge in [-0.3, -0.25) is 0 Å². The first kappa shape index (κ1) is 37.6. The van der Waals surface area contributed by atoms with Gasteiger partial charge in [-0.15, -0.1) is 0 Å². The maximum Gasteiger partial charge on any atom is 0.122 e. The third-order valence-electron chi connectivity index (χ3n) is 6.29. The minimum atomic E-state index is 0.450. The van der Waals surface area contributed by atoms with E-state index >= 15 is 0 Å². The van der Waals surface area contributed by atoms with E-state index in [9.17, 15) is 5.11 Å². The number of unbranched alkanes of at least 4 members (excludes halogenated alkanes) is 2. The molecule has 0 amide bonds. The lowest BCUT2D eigenvalue weighted by molar-refractivity contribution is 0.455. The number of hydrogen-bond acceptors (Lipinski definition) is 2. The average Bonchev–Trinajstić information content (AvgIpc) is 2.97. The van der Waals surface area contributed by atoms with Gasteiger partial charge in [0, 0.05) is 0 Å².